The Bertz CT molecular complexity index is 1140. The van der Waals surface area contributed by atoms with Gasteiger partial charge in [-0.1, -0.05) is 42.5 Å². The van der Waals surface area contributed by atoms with Gasteiger partial charge < -0.3 is 13.9 Å². The van der Waals surface area contributed by atoms with Crippen LogP contribution >= 0.6 is 0 Å². The van der Waals surface area contributed by atoms with E-state index in [1.807, 2.05) is 49.4 Å². The quantitative estimate of drug-likeness (QED) is 0.463. The van der Waals surface area contributed by atoms with Crippen LogP contribution < -0.4 is 15.1 Å². The van der Waals surface area contributed by atoms with Gasteiger partial charge in [0.15, 0.2) is 0 Å². The van der Waals surface area contributed by atoms with E-state index in [-0.39, 0.29) is 12.2 Å². The highest BCUT2D eigenvalue weighted by atomic mass is 16.5. The van der Waals surface area contributed by atoms with Gasteiger partial charge in [-0.25, -0.2) is 4.79 Å². The smallest absolute Gasteiger partial charge is 0.336 e. The largest absolute Gasteiger partial charge is 0.489 e. The second-order valence-electron chi connectivity index (χ2n) is 6.61. The van der Waals surface area contributed by atoms with Crippen LogP contribution in [0.2, 0.25) is 0 Å². The van der Waals surface area contributed by atoms with Gasteiger partial charge in [0.1, 0.15) is 30.5 Å². The van der Waals surface area contributed by atoms with Crippen molar-refractivity contribution >= 4 is 10.8 Å². The maximum absolute atomic E-state index is 11.4. The van der Waals surface area contributed by atoms with Gasteiger partial charge in [-0.2, -0.15) is 0 Å². The minimum Gasteiger partial charge on any atom is -0.489 e. The van der Waals surface area contributed by atoms with E-state index in [1.165, 1.54) is 16.8 Å². The molecule has 3 aromatic carbocycles. The number of ether oxygens (including phenoxy) is 2. The summed E-state index contributed by atoms with van der Waals surface area (Å²) >= 11 is 0. The average Bonchev–Trinajstić information content (AvgIpc) is 2.71. The molecule has 4 aromatic rings. The summed E-state index contributed by atoms with van der Waals surface area (Å²) < 4.78 is 16.7. The lowest BCUT2D eigenvalue weighted by atomic mass is 10.1. The van der Waals surface area contributed by atoms with E-state index >= 15 is 0 Å². The van der Waals surface area contributed by atoms with Gasteiger partial charge in [-0.3, -0.25) is 0 Å². The zero-order valence-corrected chi connectivity index (χ0v) is 15.6. The summed E-state index contributed by atoms with van der Waals surface area (Å²) in [6.07, 6.45) is 0. The Hall–Kier alpha value is -3.53. The van der Waals surface area contributed by atoms with Crippen LogP contribution in [0.15, 0.2) is 88.1 Å². The van der Waals surface area contributed by atoms with Crippen LogP contribution in [0.1, 0.15) is 16.9 Å². The third-order valence-corrected chi connectivity index (χ3v) is 4.44. The van der Waals surface area contributed by atoms with Gasteiger partial charge in [0.2, 0.25) is 0 Å². The summed E-state index contributed by atoms with van der Waals surface area (Å²) in [5.41, 5.74) is 1.63. The highest BCUT2D eigenvalue weighted by Gasteiger charge is 2.04. The standard InChI is InChI=1S/C24H20O4/c1-17-13-22(28-24(25)14-17)16-27-21-11-9-20(10-12-21)26-15-19-7-4-6-18-5-2-3-8-23(18)19/h2-14H,15-16H2,1H3. The van der Waals surface area contributed by atoms with Crippen molar-refractivity contribution in [2.24, 2.45) is 0 Å². The van der Waals surface area contributed by atoms with E-state index in [9.17, 15) is 4.79 Å². The highest BCUT2D eigenvalue weighted by Crippen LogP contribution is 2.22. The van der Waals surface area contributed by atoms with Crippen LogP contribution in [0.5, 0.6) is 11.5 Å². The molecule has 0 aliphatic carbocycles. The maximum Gasteiger partial charge on any atom is 0.336 e. The summed E-state index contributed by atoms with van der Waals surface area (Å²) in [7, 11) is 0. The van der Waals surface area contributed by atoms with Crippen molar-refractivity contribution in [3.05, 3.63) is 106 Å². The number of aryl methyl sites for hydroxylation is 1. The van der Waals surface area contributed by atoms with Crippen LogP contribution in [0.25, 0.3) is 10.8 Å². The number of hydrogen-bond donors (Lipinski definition) is 0. The molecule has 0 radical (unpaired) electrons. The van der Waals surface area contributed by atoms with Gasteiger partial charge in [0.05, 0.1) is 0 Å². The molecule has 4 nitrogen and oxygen atoms in total. The zero-order valence-electron chi connectivity index (χ0n) is 15.6. The number of rotatable bonds is 6. The van der Waals surface area contributed by atoms with Crippen LogP contribution in [-0.4, -0.2) is 0 Å². The molecule has 0 amide bonds. The Labute approximate surface area is 163 Å². The zero-order chi connectivity index (χ0) is 19.3. The molecule has 0 bridgehead atoms. The molecule has 28 heavy (non-hydrogen) atoms. The first-order valence-electron chi connectivity index (χ1n) is 9.10. The number of hydrogen-bond acceptors (Lipinski definition) is 4. The molecule has 1 aromatic heterocycles. The molecule has 140 valence electrons. The number of fused-ring (bicyclic) bond motifs is 1. The van der Waals surface area contributed by atoms with Crippen LogP contribution in [-0.2, 0) is 13.2 Å². The average molecular weight is 372 g/mol. The topological polar surface area (TPSA) is 48.7 Å². The fraction of sp³-hybridized carbons (Fsp3) is 0.125. The molecule has 0 N–H and O–H groups in total. The van der Waals surface area contributed by atoms with Crippen LogP contribution in [0.4, 0.5) is 0 Å². The molecule has 0 aliphatic heterocycles. The van der Waals surface area contributed by atoms with E-state index in [4.69, 9.17) is 13.9 Å². The first kappa shape index (κ1) is 17.9. The summed E-state index contributed by atoms with van der Waals surface area (Å²) in [5.74, 6) is 1.95. The van der Waals surface area contributed by atoms with Crippen molar-refractivity contribution in [2.45, 2.75) is 20.1 Å². The molecule has 0 spiro atoms. The van der Waals surface area contributed by atoms with Gasteiger partial charge >= 0.3 is 5.63 Å². The van der Waals surface area contributed by atoms with E-state index < -0.39 is 0 Å². The molecule has 0 atom stereocenters. The second kappa shape index (κ2) is 8.01. The SMILES string of the molecule is Cc1cc(COc2ccc(OCc3cccc4ccccc34)cc2)oc(=O)c1. The van der Waals surface area contributed by atoms with E-state index in [0.717, 1.165) is 16.9 Å². The molecule has 0 aliphatic rings. The lowest BCUT2D eigenvalue weighted by Gasteiger charge is -2.10. The van der Waals surface area contributed by atoms with Gasteiger partial charge in [-0.15, -0.1) is 0 Å². The Morgan fingerprint density at radius 2 is 1.46 bits per heavy atom. The summed E-state index contributed by atoms with van der Waals surface area (Å²) in [6.45, 7) is 2.55. The number of benzene rings is 3. The van der Waals surface area contributed by atoms with Crippen molar-refractivity contribution in [3.8, 4) is 11.5 Å². The minimum atomic E-state index is -0.365. The predicted molar refractivity (Wildman–Crippen MR) is 109 cm³/mol. The summed E-state index contributed by atoms with van der Waals surface area (Å²) in [5, 5.41) is 2.40. The Morgan fingerprint density at radius 3 is 2.21 bits per heavy atom. The maximum atomic E-state index is 11.4. The van der Waals surface area contributed by atoms with Gasteiger partial charge in [0.25, 0.3) is 0 Å². The molecule has 4 rings (SSSR count). The third kappa shape index (κ3) is 4.23. The highest BCUT2D eigenvalue weighted by molar-refractivity contribution is 5.85. The van der Waals surface area contributed by atoms with Crippen molar-refractivity contribution in [1.82, 2.24) is 0 Å². The van der Waals surface area contributed by atoms with Crippen molar-refractivity contribution in [3.63, 3.8) is 0 Å². The Kier molecular flexibility index (Phi) is 5.11. The fourth-order valence-electron chi connectivity index (χ4n) is 3.11. The molecule has 0 saturated heterocycles. The predicted octanol–water partition coefficient (Wildman–Crippen LogP) is 5.26. The van der Waals surface area contributed by atoms with E-state index in [0.29, 0.717) is 18.1 Å². The van der Waals surface area contributed by atoms with E-state index in [2.05, 4.69) is 24.3 Å². The molecule has 0 saturated carbocycles. The molecular formula is C24H20O4. The Balaban J connectivity index is 1.38. The van der Waals surface area contributed by atoms with Gasteiger partial charge in [0, 0.05) is 6.07 Å². The minimum absolute atomic E-state index is 0.202. The summed E-state index contributed by atoms with van der Waals surface area (Å²) in [6, 6.07) is 25.2. The normalized spacial score (nSPS) is 10.8. The fourth-order valence-corrected chi connectivity index (χ4v) is 3.11. The summed E-state index contributed by atoms with van der Waals surface area (Å²) in [4.78, 5) is 11.4. The van der Waals surface area contributed by atoms with Crippen LogP contribution in [0.3, 0.4) is 0 Å². The van der Waals surface area contributed by atoms with Crippen molar-refractivity contribution < 1.29 is 13.9 Å². The first-order chi connectivity index (χ1) is 13.7. The van der Waals surface area contributed by atoms with E-state index in [1.54, 1.807) is 6.07 Å². The van der Waals surface area contributed by atoms with Crippen molar-refractivity contribution in [1.29, 1.82) is 0 Å². The molecule has 4 heteroatoms. The molecule has 0 unspecified atom stereocenters. The lowest BCUT2D eigenvalue weighted by Crippen LogP contribution is -2.03. The second-order valence-corrected chi connectivity index (χ2v) is 6.61. The molecule has 0 fully saturated rings. The van der Waals surface area contributed by atoms with Crippen molar-refractivity contribution in [2.75, 3.05) is 0 Å². The molecular weight excluding hydrogens is 352 g/mol. The van der Waals surface area contributed by atoms with Gasteiger partial charge in [-0.05, 0) is 59.2 Å². The third-order valence-electron chi connectivity index (χ3n) is 4.44. The Morgan fingerprint density at radius 1 is 0.786 bits per heavy atom. The first-order valence-corrected chi connectivity index (χ1v) is 9.10. The lowest BCUT2D eigenvalue weighted by molar-refractivity contribution is 0.260. The monoisotopic (exact) mass is 372 g/mol. The molecule has 1 heterocycles. The van der Waals surface area contributed by atoms with Crippen LogP contribution in [0, 0.1) is 6.92 Å².